The molecule has 0 aliphatic carbocycles. The normalized spacial score (nSPS) is 10.2. The molecule has 0 saturated heterocycles. The molecule has 0 bridgehead atoms. The number of benzene rings is 1. The minimum absolute atomic E-state index is 0.0378. The highest BCUT2D eigenvalue weighted by molar-refractivity contribution is 5.95. The van der Waals surface area contributed by atoms with E-state index in [1.54, 1.807) is 0 Å². The number of fused-ring (bicyclic) bond motifs is 1. The SMILES string of the molecule is O=[C]Oc1c[nH]c2c([N+](=O)[O-])cc([N+](=O)[O-])cc12. The van der Waals surface area contributed by atoms with Crippen LogP contribution in [0, 0.1) is 20.2 Å². The van der Waals surface area contributed by atoms with Gasteiger partial charge in [-0.15, -0.1) is 0 Å². The molecule has 1 heterocycles. The maximum Gasteiger partial charge on any atom is 0.423 e. The third kappa shape index (κ3) is 1.73. The molecule has 1 aromatic carbocycles. The Morgan fingerprint density at radius 2 is 1.94 bits per heavy atom. The molecule has 2 aromatic rings. The summed E-state index contributed by atoms with van der Waals surface area (Å²) < 4.78 is 4.45. The van der Waals surface area contributed by atoms with Crippen molar-refractivity contribution in [3.8, 4) is 5.75 Å². The van der Waals surface area contributed by atoms with Crippen LogP contribution in [0.15, 0.2) is 18.3 Å². The van der Waals surface area contributed by atoms with Gasteiger partial charge in [-0.3, -0.25) is 20.2 Å². The van der Waals surface area contributed by atoms with Crippen molar-refractivity contribution >= 4 is 28.7 Å². The Bertz CT molecular complexity index is 662. The number of nitrogens with one attached hydrogen (secondary N) is 1. The molecule has 0 saturated carbocycles. The number of rotatable bonds is 4. The number of nitro benzene ring substituents is 2. The monoisotopic (exact) mass is 250 g/mol. The van der Waals surface area contributed by atoms with Gasteiger partial charge in [0.1, 0.15) is 5.52 Å². The Labute approximate surface area is 98.3 Å². The first-order chi connectivity index (χ1) is 8.54. The van der Waals surface area contributed by atoms with E-state index < -0.39 is 21.2 Å². The zero-order valence-corrected chi connectivity index (χ0v) is 8.58. The molecule has 18 heavy (non-hydrogen) atoms. The summed E-state index contributed by atoms with van der Waals surface area (Å²) in [4.78, 5) is 32.6. The second-order valence-electron chi connectivity index (χ2n) is 3.24. The molecule has 2 rings (SSSR count). The van der Waals surface area contributed by atoms with Crippen LogP contribution in [0.4, 0.5) is 11.4 Å². The lowest BCUT2D eigenvalue weighted by Crippen LogP contribution is -1.94. The van der Waals surface area contributed by atoms with Gasteiger partial charge < -0.3 is 9.72 Å². The highest BCUT2D eigenvalue weighted by Gasteiger charge is 2.22. The van der Waals surface area contributed by atoms with E-state index in [1.807, 2.05) is 0 Å². The van der Waals surface area contributed by atoms with E-state index in [4.69, 9.17) is 0 Å². The highest BCUT2D eigenvalue weighted by atomic mass is 16.6. The number of nitrogens with zero attached hydrogens (tertiary/aromatic N) is 2. The summed E-state index contributed by atoms with van der Waals surface area (Å²) >= 11 is 0. The molecule has 0 atom stereocenters. The standard InChI is InChI=1S/C9H4N3O6/c13-4-18-8-3-10-9-6(8)1-5(11(14)15)2-7(9)12(16)17/h1-3,10H. The lowest BCUT2D eigenvalue weighted by Gasteiger charge is -1.97. The van der Waals surface area contributed by atoms with Crippen LogP contribution in [0.25, 0.3) is 10.9 Å². The average molecular weight is 250 g/mol. The number of H-pyrrole nitrogens is 1. The zero-order valence-electron chi connectivity index (χ0n) is 8.58. The predicted octanol–water partition coefficient (Wildman–Crippen LogP) is 1.43. The number of carbonyl (C=O) groups excluding carboxylic acids is 1. The van der Waals surface area contributed by atoms with Crippen molar-refractivity contribution < 1.29 is 19.4 Å². The molecule has 0 spiro atoms. The van der Waals surface area contributed by atoms with E-state index in [-0.39, 0.29) is 16.7 Å². The summed E-state index contributed by atoms with van der Waals surface area (Å²) in [5, 5.41) is 21.5. The van der Waals surface area contributed by atoms with E-state index in [0.29, 0.717) is 0 Å². The molecule has 0 aliphatic rings. The number of aromatic amines is 1. The maximum atomic E-state index is 10.8. The molecule has 0 unspecified atom stereocenters. The van der Waals surface area contributed by atoms with Gasteiger partial charge in [0.05, 0.1) is 21.3 Å². The number of ether oxygens (including phenoxy) is 1. The Morgan fingerprint density at radius 1 is 1.22 bits per heavy atom. The van der Waals surface area contributed by atoms with Crippen molar-refractivity contribution in [2.24, 2.45) is 0 Å². The molecule has 91 valence electrons. The van der Waals surface area contributed by atoms with E-state index in [2.05, 4.69) is 9.72 Å². The molecule has 9 nitrogen and oxygen atoms in total. The minimum Gasteiger partial charge on any atom is -0.416 e. The van der Waals surface area contributed by atoms with Gasteiger partial charge in [-0.1, -0.05) is 0 Å². The van der Waals surface area contributed by atoms with Crippen LogP contribution in [0.1, 0.15) is 0 Å². The summed E-state index contributed by atoms with van der Waals surface area (Å²) in [7, 11) is 0. The van der Waals surface area contributed by atoms with Crippen molar-refractivity contribution in [1.29, 1.82) is 0 Å². The number of hydrogen-bond acceptors (Lipinski definition) is 6. The van der Waals surface area contributed by atoms with Crippen LogP contribution in [-0.4, -0.2) is 21.3 Å². The van der Waals surface area contributed by atoms with E-state index >= 15 is 0 Å². The maximum absolute atomic E-state index is 10.8. The third-order valence-electron chi connectivity index (χ3n) is 2.27. The highest BCUT2D eigenvalue weighted by Crippen LogP contribution is 2.35. The van der Waals surface area contributed by atoms with Crippen LogP contribution in [-0.2, 0) is 4.79 Å². The number of non-ortho nitro benzene ring substituents is 2. The van der Waals surface area contributed by atoms with Crippen LogP contribution in [0.2, 0.25) is 0 Å². The van der Waals surface area contributed by atoms with Crippen LogP contribution >= 0.6 is 0 Å². The fourth-order valence-corrected chi connectivity index (χ4v) is 1.55. The summed E-state index contributed by atoms with van der Waals surface area (Å²) in [6.45, 7) is 1.15. The van der Waals surface area contributed by atoms with Crippen molar-refractivity contribution in [3.63, 3.8) is 0 Å². The number of hydrogen-bond donors (Lipinski definition) is 1. The van der Waals surface area contributed by atoms with Gasteiger partial charge in [-0.2, -0.15) is 0 Å². The number of nitro groups is 2. The van der Waals surface area contributed by atoms with Crippen molar-refractivity contribution in [1.82, 2.24) is 4.98 Å². The van der Waals surface area contributed by atoms with Crippen LogP contribution in [0.3, 0.4) is 0 Å². The fourth-order valence-electron chi connectivity index (χ4n) is 1.55. The molecule has 1 radical (unpaired) electrons. The molecule has 0 fully saturated rings. The van der Waals surface area contributed by atoms with Crippen molar-refractivity contribution in [3.05, 3.63) is 38.6 Å². The summed E-state index contributed by atoms with van der Waals surface area (Å²) in [5.74, 6) is -0.0631. The Morgan fingerprint density at radius 3 is 2.50 bits per heavy atom. The number of aromatic nitrogens is 1. The molecular formula is C9H4N3O6. The zero-order chi connectivity index (χ0) is 13.3. The summed E-state index contributed by atoms with van der Waals surface area (Å²) in [6.07, 6.45) is 1.19. The average Bonchev–Trinajstić information content (AvgIpc) is 2.71. The molecular weight excluding hydrogens is 246 g/mol. The third-order valence-corrected chi connectivity index (χ3v) is 2.27. The Kier molecular flexibility index (Phi) is 2.64. The fraction of sp³-hybridized carbons (Fsp3) is 0. The van der Waals surface area contributed by atoms with Gasteiger partial charge in [0.25, 0.3) is 11.4 Å². The molecule has 9 heteroatoms. The lowest BCUT2D eigenvalue weighted by molar-refractivity contribution is -0.393. The first-order valence-electron chi connectivity index (χ1n) is 4.52. The van der Waals surface area contributed by atoms with Gasteiger partial charge in [0, 0.05) is 12.3 Å². The minimum atomic E-state index is -0.770. The second-order valence-corrected chi connectivity index (χ2v) is 3.24. The van der Waals surface area contributed by atoms with Gasteiger partial charge >= 0.3 is 6.47 Å². The van der Waals surface area contributed by atoms with Gasteiger partial charge in [0.2, 0.25) is 0 Å². The van der Waals surface area contributed by atoms with Gasteiger partial charge in [-0.05, 0) is 0 Å². The molecule has 1 aromatic heterocycles. The second kappa shape index (κ2) is 4.13. The molecule has 0 amide bonds. The summed E-state index contributed by atoms with van der Waals surface area (Å²) in [5.41, 5.74) is -0.902. The van der Waals surface area contributed by atoms with Crippen LogP contribution in [0.5, 0.6) is 5.75 Å². The van der Waals surface area contributed by atoms with Crippen molar-refractivity contribution in [2.75, 3.05) is 0 Å². The largest absolute Gasteiger partial charge is 0.423 e. The first kappa shape index (κ1) is 11.5. The van der Waals surface area contributed by atoms with Crippen molar-refractivity contribution in [2.45, 2.75) is 0 Å². The smallest absolute Gasteiger partial charge is 0.416 e. The van der Waals surface area contributed by atoms with E-state index in [9.17, 15) is 25.0 Å². The van der Waals surface area contributed by atoms with Crippen LogP contribution < -0.4 is 4.74 Å². The lowest BCUT2D eigenvalue weighted by atomic mass is 10.2. The molecule has 0 aliphatic heterocycles. The van der Waals surface area contributed by atoms with E-state index in [1.165, 1.54) is 6.20 Å². The van der Waals surface area contributed by atoms with Gasteiger partial charge in [-0.25, -0.2) is 4.79 Å². The van der Waals surface area contributed by atoms with Gasteiger partial charge in [0.15, 0.2) is 5.75 Å². The first-order valence-corrected chi connectivity index (χ1v) is 4.52. The predicted molar refractivity (Wildman–Crippen MR) is 57.9 cm³/mol. The Hall–Kier alpha value is -2.97. The topological polar surface area (TPSA) is 128 Å². The summed E-state index contributed by atoms with van der Waals surface area (Å²) in [6, 6.07) is 1.90. The molecule has 1 N–H and O–H groups in total. The quantitative estimate of drug-likeness (QED) is 0.645. The van der Waals surface area contributed by atoms with E-state index in [0.717, 1.165) is 18.6 Å². The Balaban J connectivity index is 2.78.